The molecule has 1 aromatic carbocycles. The van der Waals surface area contributed by atoms with Gasteiger partial charge >= 0.3 is 0 Å². The average molecular weight is 425 g/mol. The van der Waals surface area contributed by atoms with Gasteiger partial charge in [0.2, 0.25) is 5.28 Å². The van der Waals surface area contributed by atoms with Gasteiger partial charge in [-0.1, -0.05) is 0 Å². The molecule has 1 aromatic heterocycles. The summed E-state index contributed by atoms with van der Waals surface area (Å²) in [5.74, 6) is 0.643. The second-order valence-corrected chi connectivity index (χ2v) is 5.10. The van der Waals surface area contributed by atoms with E-state index in [0.29, 0.717) is 5.82 Å². The van der Waals surface area contributed by atoms with E-state index in [4.69, 9.17) is 11.6 Å². The topological polar surface area (TPSA) is 50.2 Å². The molecule has 2 aromatic rings. The van der Waals surface area contributed by atoms with E-state index >= 15 is 0 Å². The number of halogens is 3. The summed E-state index contributed by atoms with van der Waals surface area (Å²) in [6.45, 7) is 2.01. The minimum atomic E-state index is 0.200. The number of hydrogen-bond donors (Lipinski definition) is 1. The van der Waals surface area contributed by atoms with Crippen LogP contribution in [0.25, 0.3) is 10.9 Å². The van der Waals surface area contributed by atoms with Crippen molar-refractivity contribution in [3.8, 4) is 0 Å². The normalized spacial score (nSPS) is 11.3. The molecule has 88 valence electrons. The number of hydrogen-bond acceptors (Lipinski definition) is 3. The molecule has 4 nitrogen and oxygen atoms in total. The Morgan fingerprint density at radius 2 is 2.24 bits per heavy atom. The quantitative estimate of drug-likeness (QED) is 0.341. The van der Waals surface area contributed by atoms with Gasteiger partial charge in [-0.15, -0.1) is 0 Å². The maximum absolute atomic E-state index is 5.89. The van der Waals surface area contributed by atoms with Crippen LogP contribution in [0, 0.1) is 6.92 Å². The zero-order valence-electron chi connectivity index (χ0n) is 8.71. The van der Waals surface area contributed by atoms with Gasteiger partial charge in [0, 0.05) is 9.86 Å². The van der Waals surface area contributed by atoms with Crippen molar-refractivity contribution < 1.29 is 0 Å². The Morgan fingerprint density at radius 3 is 2.94 bits per heavy atom. The molecule has 0 saturated heterocycles. The summed E-state index contributed by atoms with van der Waals surface area (Å²) in [5.41, 5.74) is 1.89. The van der Waals surface area contributed by atoms with Gasteiger partial charge in [-0.05, 0) is 52.2 Å². The van der Waals surface area contributed by atoms with E-state index in [0.717, 1.165) is 20.9 Å². The van der Waals surface area contributed by atoms with Gasteiger partial charge < -0.3 is 5.32 Å². The number of aromatic nitrogens is 2. The Morgan fingerprint density at radius 1 is 1.47 bits per heavy atom. The zero-order valence-corrected chi connectivity index (χ0v) is 13.2. The average Bonchev–Trinajstić information content (AvgIpc) is 2.27. The van der Waals surface area contributed by atoms with E-state index in [-0.39, 0.29) is 5.28 Å². The first-order valence-corrected chi connectivity index (χ1v) is 6.78. The lowest BCUT2D eigenvalue weighted by Gasteiger charge is -2.07. The Hall–Kier alpha value is -0.470. The van der Waals surface area contributed by atoms with Gasteiger partial charge in [0.15, 0.2) is 0 Å². The third-order valence-electron chi connectivity index (χ3n) is 2.12. The first kappa shape index (κ1) is 13.0. The number of benzene rings is 1. The molecule has 0 unspecified atom stereocenters. The minimum Gasteiger partial charge on any atom is -0.330 e. The van der Waals surface area contributed by atoms with Crippen molar-refractivity contribution >= 4 is 73.5 Å². The largest absolute Gasteiger partial charge is 0.330 e. The van der Waals surface area contributed by atoms with Crippen molar-refractivity contribution in [3.05, 3.63) is 27.5 Å². The molecule has 7 heteroatoms. The van der Waals surface area contributed by atoms with Crippen molar-refractivity contribution in [2.24, 2.45) is 3.21 Å². The molecule has 1 heterocycles. The summed E-state index contributed by atoms with van der Waals surface area (Å²) >= 11 is 11.2. The maximum atomic E-state index is 5.89. The van der Waals surface area contributed by atoms with Crippen molar-refractivity contribution in [3.63, 3.8) is 0 Å². The highest BCUT2D eigenvalue weighted by Gasteiger charge is 2.09. The molecule has 0 spiro atoms. The first-order valence-electron chi connectivity index (χ1n) is 4.64. The van der Waals surface area contributed by atoms with E-state index < -0.39 is 0 Å². The predicted molar refractivity (Wildman–Crippen MR) is 83.1 cm³/mol. The van der Waals surface area contributed by atoms with Gasteiger partial charge in [-0.2, -0.15) is 4.98 Å². The smallest absolute Gasteiger partial charge is 0.224 e. The van der Waals surface area contributed by atoms with Crippen LogP contribution in [0.4, 0.5) is 5.82 Å². The zero-order chi connectivity index (χ0) is 12.4. The van der Waals surface area contributed by atoms with E-state index in [1.807, 2.05) is 41.9 Å². The van der Waals surface area contributed by atoms with Gasteiger partial charge in [0.1, 0.15) is 12.2 Å². The summed E-state index contributed by atoms with van der Waals surface area (Å²) in [6, 6.07) is 3.99. The van der Waals surface area contributed by atoms with Crippen LogP contribution in [-0.2, 0) is 0 Å². The number of nitrogens with one attached hydrogen (secondary N) is 1. The Balaban J connectivity index is 2.73. The summed E-state index contributed by atoms with van der Waals surface area (Å²) in [4.78, 5) is 8.35. The van der Waals surface area contributed by atoms with Crippen molar-refractivity contribution in [2.45, 2.75) is 6.92 Å². The molecule has 0 aliphatic heterocycles. The van der Waals surface area contributed by atoms with E-state index in [1.54, 1.807) is 6.34 Å². The number of rotatable bonds is 2. The number of fused-ring (bicyclic) bond motifs is 1. The van der Waals surface area contributed by atoms with Crippen LogP contribution in [0.2, 0.25) is 5.28 Å². The van der Waals surface area contributed by atoms with Gasteiger partial charge in [-0.25, -0.2) is 8.19 Å². The Bertz CT molecular complexity index is 602. The molecule has 0 atom stereocenters. The Kier molecular flexibility index (Phi) is 4.16. The summed E-state index contributed by atoms with van der Waals surface area (Å²) in [6.07, 6.45) is 1.55. The molecule has 0 aliphatic rings. The van der Waals surface area contributed by atoms with E-state index in [9.17, 15) is 0 Å². The molecule has 17 heavy (non-hydrogen) atoms. The molecule has 0 bridgehead atoms. The second kappa shape index (κ2) is 5.45. The van der Waals surface area contributed by atoms with Crippen LogP contribution >= 0.6 is 50.4 Å². The molecular formula is C10H7BrClIN4. The van der Waals surface area contributed by atoms with E-state index in [1.165, 1.54) is 0 Å². The van der Waals surface area contributed by atoms with Crippen LogP contribution in [-0.4, -0.2) is 16.3 Å². The molecule has 0 fully saturated rings. The molecule has 0 aliphatic carbocycles. The lowest BCUT2D eigenvalue weighted by Crippen LogP contribution is -2.00. The number of nitrogens with zero attached hydrogens (tertiary/aromatic N) is 3. The molecular weight excluding hydrogens is 418 g/mol. The van der Waals surface area contributed by atoms with Crippen LogP contribution < -0.4 is 5.32 Å². The Labute approximate surface area is 126 Å². The molecule has 1 N–H and O–H groups in total. The van der Waals surface area contributed by atoms with Crippen LogP contribution in [0.5, 0.6) is 0 Å². The molecule has 0 radical (unpaired) electrons. The third kappa shape index (κ3) is 2.86. The monoisotopic (exact) mass is 424 g/mol. The summed E-state index contributed by atoms with van der Waals surface area (Å²) in [7, 11) is 0. The molecule has 0 saturated carbocycles. The predicted octanol–water partition coefficient (Wildman–Crippen LogP) is 4.14. The highest BCUT2D eigenvalue weighted by molar-refractivity contribution is 14.1. The van der Waals surface area contributed by atoms with Gasteiger partial charge in [0.05, 0.1) is 28.4 Å². The van der Waals surface area contributed by atoms with Crippen molar-refractivity contribution in [1.82, 2.24) is 9.97 Å². The summed E-state index contributed by atoms with van der Waals surface area (Å²) < 4.78 is 4.73. The SMILES string of the molecule is Cc1cc(Br)c2nc(Cl)nc(N/C=N/I)c2c1. The lowest BCUT2D eigenvalue weighted by atomic mass is 10.1. The number of anilines is 1. The molecule has 0 amide bonds. The fraction of sp³-hybridized carbons (Fsp3) is 0.100. The lowest BCUT2D eigenvalue weighted by molar-refractivity contribution is 1.22. The number of aryl methyl sites for hydroxylation is 1. The van der Waals surface area contributed by atoms with Gasteiger partial charge in [0.25, 0.3) is 0 Å². The highest BCUT2D eigenvalue weighted by atomic mass is 127. The van der Waals surface area contributed by atoms with E-state index in [2.05, 4.69) is 34.4 Å². The fourth-order valence-corrected chi connectivity index (χ4v) is 2.47. The second-order valence-electron chi connectivity index (χ2n) is 3.36. The highest BCUT2D eigenvalue weighted by Crippen LogP contribution is 2.29. The van der Waals surface area contributed by atoms with Crippen LogP contribution in [0.1, 0.15) is 5.56 Å². The van der Waals surface area contributed by atoms with Crippen molar-refractivity contribution in [2.75, 3.05) is 5.32 Å². The third-order valence-corrected chi connectivity index (χ3v) is 3.17. The van der Waals surface area contributed by atoms with Crippen LogP contribution in [0.3, 0.4) is 0 Å². The minimum absolute atomic E-state index is 0.200. The first-order chi connectivity index (χ1) is 8.11. The molecule has 2 rings (SSSR count). The summed E-state index contributed by atoms with van der Waals surface area (Å²) in [5, 5.41) is 4.08. The van der Waals surface area contributed by atoms with Crippen molar-refractivity contribution in [1.29, 1.82) is 0 Å². The maximum Gasteiger partial charge on any atom is 0.224 e. The fourth-order valence-electron chi connectivity index (χ4n) is 1.49. The van der Waals surface area contributed by atoms with Gasteiger partial charge in [-0.3, -0.25) is 0 Å². The van der Waals surface area contributed by atoms with Crippen LogP contribution in [0.15, 0.2) is 19.8 Å². The standard InChI is InChI=1S/C10H7BrClIN4/c1-5-2-6-8(7(11)3-5)16-10(12)17-9(6)14-4-15-13/h2-4H,1H3,(H,14,15,16,17).